The SMILES string of the molecule is CC(C)C(=O)NC[C@H]1CN(CCOCCCC(C)(C)C)CCO1. The monoisotopic (exact) mass is 328 g/mol. The Morgan fingerprint density at radius 1 is 1.35 bits per heavy atom. The number of rotatable bonds is 9. The van der Waals surface area contributed by atoms with E-state index in [1.807, 2.05) is 13.8 Å². The average molecular weight is 328 g/mol. The molecular formula is C18H36N2O3. The first-order valence-corrected chi connectivity index (χ1v) is 8.97. The molecule has 136 valence electrons. The summed E-state index contributed by atoms with van der Waals surface area (Å²) in [7, 11) is 0. The number of carbonyl (C=O) groups is 1. The Morgan fingerprint density at radius 3 is 2.74 bits per heavy atom. The predicted octanol–water partition coefficient (Wildman–Crippen LogP) is 2.30. The van der Waals surface area contributed by atoms with Crippen LogP contribution in [0.5, 0.6) is 0 Å². The van der Waals surface area contributed by atoms with Gasteiger partial charge in [-0.1, -0.05) is 34.6 Å². The van der Waals surface area contributed by atoms with Crippen LogP contribution < -0.4 is 5.32 Å². The van der Waals surface area contributed by atoms with Gasteiger partial charge in [0, 0.05) is 38.7 Å². The van der Waals surface area contributed by atoms with Gasteiger partial charge in [-0.2, -0.15) is 0 Å². The van der Waals surface area contributed by atoms with Gasteiger partial charge in [0.05, 0.1) is 19.3 Å². The van der Waals surface area contributed by atoms with E-state index in [0.717, 1.165) is 45.9 Å². The molecule has 1 aliphatic heterocycles. The lowest BCUT2D eigenvalue weighted by Crippen LogP contribution is -2.48. The molecule has 5 heteroatoms. The minimum Gasteiger partial charge on any atom is -0.380 e. The fourth-order valence-electron chi connectivity index (χ4n) is 2.53. The molecule has 0 saturated carbocycles. The first-order valence-electron chi connectivity index (χ1n) is 8.97. The molecule has 1 fully saturated rings. The van der Waals surface area contributed by atoms with Gasteiger partial charge in [-0.25, -0.2) is 0 Å². The molecule has 0 bridgehead atoms. The van der Waals surface area contributed by atoms with Crippen molar-refractivity contribution in [1.29, 1.82) is 0 Å². The van der Waals surface area contributed by atoms with E-state index in [4.69, 9.17) is 9.47 Å². The summed E-state index contributed by atoms with van der Waals surface area (Å²) < 4.78 is 11.5. The molecular weight excluding hydrogens is 292 g/mol. The highest BCUT2D eigenvalue weighted by Crippen LogP contribution is 2.20. The second-order valence-corrected chi connectivity index (χ2v) is 7.97. The van der Waals surface area contributed by atoms with Gasteiger partial charge in [0.2, 0.25) is 5.91 Å². The maximum absolute atomic E-state index is 11.6. The van der Waals surface area contributed by atoms with Crippen molar-refractivity contribution in [3.05, 3.63) is 0 Å². The quantitative estimate of drug-likeness (QED) is 0.660. The van der Waals surface area contributed by atoms with Crippen molar-refractivity contribution in [2.75, 3.05) is 46.0 Å². The molecule has 0 aliphatic carbocycles. The maximum Gasteiger partial charge on any atom is 0.222 e. The lowest BCUT2D eigenvalue weighted by atomic mass is 9.91. The zero-order valence-electron chi connectivity index (χ0n) is 15.7. The lowest BCUT2D eigenvalue weighted by Gasteiger charge is -2.33. The molecule has 1 atom stereocenters. The molecule has 1 amide bonds. The number of carbonyl (C=O) groups excluding carboxylic acids is 1. The molecule has 0 radical (unpaired) electrons. The summed E-state index contributed by atoms with van der Waals surface area (Å²) in [6.45, 7) is 16.3. The van der Waals surface area contributed by atoms with Crippen molar-refractivity contribution in [3.8, 4) is 0 Å². The minimum atomic E-state index is 0.0243. The van der Waals surface area contributed by atoms with Crippen molar-refractivity contribution in [3.63, 3.8) is 0 Å². The third kappa shape index (κ3) is 9.95. The highest BCUT2D eigenvalue weighted by Gasteiger charge is 2.21. The summed E-state index contributed by atoms with van der Waals surface area (Å²) in [5.41, 5.74) is 0.390. The summed E-state index contributed by atoms with van der Waals surface area (Å²) in [5, 5.41) is 2.95. The third-order valence-electron chi connectivity index (χ3n) is 4.02. The van der Waals surface area contributed by atoms with Crippen LogP contribution in [0.3, 0.4) is 0 Å². The zero-order chi connectivity index (χ0) is 17.3. The van der Waals surface area contributed by atoms with Gasteiger partial charge in [0.1, 0.15) is 0 Å². The number of hydrogen-bond acceptors (Lipinski definition) is 4. The fraction of sp³-hybridized carbons (Fsp3) is 0.944. The number of ether oxygens (including phenoxy) is 2. The van der Waals surface area contributed by atoms with Crippen molar-refractivity contribution < 1.29 is 14.3 Å². The fourth-order valence-corrected chi connectivity index (χ4v) is 2.53. The van der Waals surface area contributed by atoms with Crippen LogP contribution >= 0.6 is 0 Å². The minimum absolute atomic E-state index is 0.0243. The van der Waals surface area contributed by atoms with Crippen LogP contribution in [-0.2, 0) is 14.3 Å². The van der Waals surface area contributed by atoms with Gasteiger partial charge >= 0.3 is 0 Å². The van der Waals surface area contributed by atoms with Crippen LogP contribution in [0.15, 0.2) is 0 Å². The van der Waals surface area contributed by atoms with Gasteiger partial charge in [-0.05, 0) is 18.3 Å². The molecule has 1 rings (SSSR count). The van der Waals surface area contributed by atoms with E-state index in [2.05, 4.69) is 31.0 Å². The third-order valence-corrected chi connectivity index (χ3v) is 4.02. The van der Waals surface area contributed by atoms with E-state index in [0.29, 0.717) is 12.0 Å². The largest absolute Gasteiger partial charge is 0.380 e. The molecule has 1 heterocycles. The normalized spacial score (nSPS) is 20.0. The van der Waals surface area contributed by atoms with Crippen LogP contribution in [0.2, 0.25) is 0 Å². The first kappa shape index (κ1) is 20.4. The molecule has 5 nitrogen and oxygen atoms in total. The van der Waals surface area contributed by atoms with Crippen LogP contribution in [0.25, 0.3) is 0 Å². The Bertz CT molecular complexity index is 340. The molecule has 1 aliphatic rings. The van der Waals surface area contributed by atoms with Crippen LogP contribution in [-0.4, -0.2) is 62.9 Å². The Hall–Kier alpha value is -0.650. The van der Waals surface area contributed by atoms with Crippen molar-refractivity contribution in [2.45, 2.75) is 53.6 Å². The van der Waals surface area contributed by atoms with Crippen LogP contribution in [0, 0.1) is 11.3 Å². The number of nitrogens with one attached hydrogen (secondary N) is 1. The van der Waals surface area contributed by atoms with Crippen molar-refractivity contribution in [2.24, 2.45) is 11.3 Å². The van der Waals surface area contributed by atoms with Gasteiger partial charge in [0.15, 0.2) is 0 Å². The molecule has 0 aromatic carbocycles. The first-order chi connectivity index (χ1) is 10.8. The Balaban J connectivity index is 2.10. The second kappa shape index (κ2) is 10.3. The maximum atomic E-state index is 11.6. The van der Waals surface area contributed by atoms with E-state index < -0.39 is 0 Å². The number of hydrogen-bond donors (Lipinski definition) is 1. The highest BCUT2D eigenvalue weighted by atomic mass is 16.5. The standard InChI is InChI=1S/C18H36N2O3/c1-15(2)17(21)19-13-16-14-20(9-12-23-16)8-11-22-10-6-7-18(3,4)5/h15-16H,6-14H2,1-5H3,(H,19,21)/t16-/m0/s1. The number of amides is 1. The number of morpholine rings is 1. The van der Waals surface area contributed by atoms with Gasteiger partial charge in [-0.3, -0.25) is 9.69 Å². The Kier molecular flexibility index (Phi) is 9.10. The summed E-state index contributed by atoms with van der Waals surface area (Å²) >= 11 is 0. The van der Waals surface area contributed by atoms with E-state index in [1.165, 1.54) is 6.42 Å². The molecule has 0 aromatic rings. The van der Waals surface area contributed by atoms with Gasteiger partial charge < -0.3 is 14.8 Å². The van der Waals surface area contributed by atoms with Gasteiger partial charge in [0.25, 0.3) is 0 Å². The van der Waals surface area contributed by atoms with Crippen LogP contribution in [0.1, 0.15) is 47.5 Å². The Morgan fingerprint density at radius 2 is 2.09 bits per heavy atom. The summed E-state index contributed by atoms with van der Waals surface area (Å²) in [5.74, 6) is 0.115. The van der Waals surface area contributed by atoms with E-state index in [-0.39, 0.29) is 17.9 Å². The molecule has 0 spiro atoms. The van der Waals surface area contributed by atoms with Gasteiger partial charge in [-0.15, -0.1) is 0 Å². The smallest absolute Gasteiger partial charge is 0.222 e. The average Bonchev–Trinajstić information content (AvgIpc) is 2.47. The van der Waals surface area contributed by atoms with Crippen molar-refractivity contribution in [1.82, 2.24) is 10.2 Å². The predicted molar refractivity (Wildman–Crippen MR) is 93.5 cm³/mol. The topological polar surface area (TPSA) is 50.8 Å². The molecule has 0 unspecified atom stereocenters. The highest BCUT2D eigenvalue weighted by molar-refractivity contribution is 5.77. The summed E-state index contributed by atoms with van der Waals surface area (Å²) in [6, 6.07) is 0. The van der Waals surface area contributed by atoms with E-state index in [1.54, 1.807) is 0 Å². The molecule has 23 heavy (non-hydrogen) atoms. The molecule has 1 saturated heterocycles. The zero-order valence-corrected chi connectivity index (χ0v) is 15.7. The lowest BCUT2D eigenvalue weighted by molar-refractivity contribution is -0.125. The molecule has 1 N–H and O–H groups in total. The summed E-state index contributed by atoms with van der Waals surface area (Å²) in [6.07, 6.45) is 2.41. The second-order valence-electron chi connectivity index (χ2n) is 7.97. The van der Waals surface area contributed by atoms with E-state index >= 15 is 0 Å². The van der Waals surface area contributed by atoms with E-state index in [9.17, 15) is 4.79 Å². The van der Waals surface area contributed by atoms with Crippen molar-refractivity contribution >= 4 is 5.91 Å². The molecule has 0 aromatic heterocycles. The number of nitrogens with zero attached hydrogens (tertiary/aromatic N) is 1. The summed E-state index contributed by atoms with van der Waals surface area (Å²) in [4.78, 5) is 14.0. The Labute approximate surface area is 142 Å². The van der Waals surface area contributed by atoms with Crippen LogP contribution in [0.4, 0.5) is 0 Å².